The summed E-state index contributed by atoms with van der Waals surface area (Å²) in [6, 6.07) is 3.91. The van der Waals surface area contributed by atoms with Gasteiger partial charge in [-0.25, -0.2) is 0 Å². The zero-order chi connectivity index (χ0) is 15.0. The van der Waals surface area contributed by atoms with Crippen LogP contribution < -0.4 is 10.1 Å². The predicted molar refractivity (Wildman–Crippen MR) is 68.6 cm³/mol. The fourth-order valence-electron chi connectivity index (χ4n) is 1.32. The molecule has 0 bridgehead atoms. The molecule has 0 fully saturated rings. The number of alkyl halides is 3. The number of pyridine rings is 1. The molecule has 0 spiro atoms. The van der Waals surface area contributed by atoms with Gasteiger partial charge in [0, 0.05) is 12.6 Å². The Morgan fingerprint density at radius 1 is 1.25 bits per heavy atom. The first-order valence-electron chi connectivity index (χ1n) is 6.32. The SMILES string of the molecule is CC(C)NCc1ccc(OCCOCC(F)(F)F)cn1. The van der Waals surface area contributed by atoms with E-state index in [2.05, 4.69) is 15.0 Å². The van der Waals surface area contributed by atoms with Crippen LogP contribution in [-0.4, -0.2) is 37.0 Å². The van der Waals surface area contributed by atoms with Crippen molar-refractivity contribution < 1.29 is 22.6 Å². The van der Waals surface area contributed by atoms with Crippen molar-refractivity contribution in [3.63, 3.8) is 0 Å². The minimum atomic E-state index is -4.30. The molecule has 0 radical (unpaired) electrons. The van der Waals surface area contributed by atoms with E-state index in [-0.39, 0.29) is 13.2 Å². The molecule has 1 heterocycles. The van der Waals surface area contributed by atoms with Crippen LogP contribution in [0.1, 0.15) is 19.5 Å². The molecular formula is C13H19F3N2O2. The van der Waals surface area contributed by atoms with Gasteiger partial charge in [0.1, 0.15) is 19.0 Å². The van der Waals surface area contributed by atoms with E-state index in [0.717, 1.165) is 5.69 Å². The summed E-state index contributed by atoms with van der Waals surface area (Å²) in [5, 5.41) is 3.23. The van der Waals surface area contributed by atoms with Gasteiger partial charge in [0.15, 0.2) is 0 Å². The first-order chi connectivity index (χ1) is 9.37. The van der Waals surface area contributed by atoms with E-state index in [9.17, 15) is 13.2 Å². The molecule has 1 rings (SSSR count). The second-order valence-electron chi connectivity index (χ2n) is 4.54. The molecule has 0 atom stereocenters. The monoisotopic (exact) mass is 292 g/mol. The topological polar surface area (TPSA) is 43.4 Å². The van der Waals surface area contributed by atoms with Gasteiger partial charge in [-0.05, 0) is 12.1 Å². The second kappa shape index (κ2) is 8.06. The average molecular weight is 292 g/mol. The summed E-state index contributed by atoms with van der Waals surface area (Å²) in [4.78, 5) is 4.18. The van der Waals surface area contributed by atoms with Crippen LogP contribution in [0.2, 0.25) is 0 Å². The Morgan fingerprint density at radius 3 is 2.55 bits per heavy atom. The number of halogens is 3. The van der Waals surface area contributed by atoms with Gasteiger partial charge >= 0.3 is 6.18 Å². The number of nitrogens with zero attached hydrogens (tertiary/aromatic N) is 1. The lowest BCUT2D eigenvalue weighted by molar-refractivity contribution is -0.175. The van der Waals surface area contributed by atoms with Crippen molar-refractivity contribution in [1.29, 1.82) is 0 Å². The minimum absolute atomic E-state index is 0.0569. The number of ether oxygens (including phenoxy) is 2. The molecule has 4 nitrogen and oxygen atoms in total. The number of hydrogen-bond donors (Lipinski definition) is 1. The molecule has 0 aliphatic carbocycles. The maximum atomic E-state index is 11.8. The molecule has 1 aromatic rings. The molecule has 1 aromatic heterocycles. The highest BCUT2D eigenvalue weighted by Crippen LogP contribution is 2.14. The second-order valence-corrected chi connectivity index (χ2v) is 4.54. The fourth-order valence-corrected chi connectivity index (χ4v) is 1.32. The van der Waals surface area contributed by atoms with Gasteiger partial charge in [0.25, 0.3) is 0 Å². The average Bonchev–Trinajstić information content (AvgIpc) is 2.36. The summed E-state index contributed by atoms with van der Waals surface area (Å²) in [5.41, 5.74) is 0.874. The molecule has 0 saturated heterocycles. The largest absolute Gasteiger partial charge is 0.490 e. The van der Waals surface area contributed by atoms with Crippen molar-refractivity contribution >= 4 is 0 Å². The smallest absolute Gasteiger partial charge is 0.411 e. The van der Waals surface area contributed by atoms with Gasteiger partial charge in [-0.3, -0.25) is 4.98 Å². The summed E-state index contributed by atoms with van der Waals surface area (Å²) in [5.74, 6) is 0.508. The highest BCUT2D eigenvalue weighted by molar-refractivity contribution is 5.19. The molecule has 1 N–H and O–H groups in total. The van der Waals surface area contributed by atoms with E-state index in [1.165, 1.54) is 0 Å². The Kier molecular flexibility index (Phi) is 6.74. The zero-order valence-corrected chi connectivity index (χ0v) is 11.5. The molecule has 20 heavy (non-hydrogen) atoms. The summed E-state index contributed by atoms with van der Waals surface area (Å²) in [6.07, 6.45) is -2.76. The third kappa shape index (κ3) is 7.96. The molecule has 0 unspecified atom stereocenters. The predicted octanol–water partition coefficient (Wildman–Crippen LogP) is 2.54. The lowest BCUT2D eigenvalue weighted by atomic mass is 10.3. The highest BCUT2D eigenvalue weighted by Gasteiger charge is 2.27. The van der Waals surface area contributed by atoms with Gasteiger partial charge in [0.2, 0.25) is 0 Å². The molecule has 0 amide bonds. The van der Waals surface area contributed by atoms with Crippen molar-refractivity contribution in [2.45, 2.75) is 32.6 Å². The van der Waals surface area contributed by atoms with E-state index in [1.54, 1.807) is 18.3 Å². The minimum Gasteiger partial charge on any atom is -0.490 e. The Balaban J connectivity index is 2.21. The van der Waals surface area contributed by atoms with Gasteiger partial charge in [0.05, 0.1) is 18.5 Å². The molecule has 0 aliphatic rings. The quantitative estimate of drug-likeness (QED) is 0.748. The first-order valence-corrected chi connectivity index (χ1v) is 6.32. The normalized spacial score (nSPS) is 11.9. The summed E-state index contributed by atoms with van der Waals surface area (Å²) < 4.78 is 45.0. The number of rotatable bonds is 8. The molecule has 7 heteroatoms. The standard InChI is InChI=1S/C13H19F3N2O2/c1-10(2)17-7-11-3-4-12(8-18-11)20-6-5-19-9-13(14,15)16/h3-4,8,10,17H,5-7,9H2,1-2H3. The van der Waals surface area contributed by atoms with Crippen LogP contribution in [0.5, 0.6) is 5.75 Å². The third-order valence-electron chi connectivity index (χ3n) is 2.25. The Bertz CT molecular complexity index is 380. The third-order valence-corrected chi connectivity index (χ3v) is 2.25. The van der Waals surface area contributed by atoms with E-state index < -0.39 is 12.8 Å². The van der Waals surface area contributed by atoms with Gasteiger partial charge < -0.3 is 14.8 Å². The van der Waals surface area contributed by atoms with Gasteiger partial charge in [-0.15, -0.1) is 0 Å². The van der Waals surface area contributed by atoms with E-state index >= 15 is 0 Å². The van der Waals surface area contributed by atoms with Crippen molar-refractivity contribution in [3.05, 3.63) is 24.0 Å². The summed E-state index contributed by atoms with van der Waals surface area (Å²) in [6.45, 7) is 3.43. The Morgan fingerprint density at radius 2 is 2.00 bits per heavy atom. The first kappa shape index (κ1) is 16.7. The maximum Gasteiger partial charge on any atom is 0.411 e. The number of nitrogens with one attached hydrogen (secondary N) is 1. The van der Waals surface area contributed by atoms with Gasteiger partial charge in [-0.1, -0.05) is 13.8 Å². The van der Waals surface area contributed by atoms with Crippen molar-refractivity contribution in [1.82, 2.24) is 10.3 Å². The number of aromatic nitrogens is 1. The number of hydrogen-bond acceptors (Lipinski definition) is 4. The molecule has 0 saturated carbocycles. The van der Waals surface area contributed by atoms with Crippen molar-refractivity contribution in [2.24, 2.45) is 0 Å². The molecule has 0 aliphatic heterocycles. The van der Waals surface area contributed by atoms with Crippen LogP contribution >= 0.6 is 0 Å². The van der Waals surface area contributed by atoms with Crippen LogP contribution in [0.3, 0.4) is 0 Å². The summed E-state index contributed by atoms with van der Waals surface area (Å²) in [7, 11) is 0. The highest BCUT2D eigenvalue weighted by atomic mass is 19.4. The zero-order valence-electron chi connectivity index (χ0n) is 11.5. The molecular weight excluding hydrogens is 273 g/mol. The van der Waals surface area contributed by atoms with Crippen LogP contribution in [-0.2, 0) is 11.3 Å². The van der Waals surface area contributed by atoms with Crippen LogP contribution in [0, 0.1) is 0 Å². The fraction of sp³-hybridized carbons (Fsp3) is 0.615. The van der Waals surface area contributed by atoms with Crippen molar-refractivity contribution in [3.8, 4) is 5.75 Å². The van der Waals surface area contributed by atoms with E-state index in [0.29, 0.717) is 18.3 Å². The Hall–Kier alpha value is -1.34. The lowest BCUT2D eigenvalue weighted by Crippen LogP contribution is -2.22. The van der Waals surface area contributed by atoms with Crippen LogP contribution in [0.4, 0.5) is 13.2 Å². The van der Waals surface area contributed by atoms with E-state index in [4.69, 9.17) is 4.74 Å². The van der Waals surface area contributed by atoms with Crippen LogP contribution in [0.25, 0.3) is 0 Å². The Labute approximate surface area is 116 Å². The lowest BCUT2D eigenvalue weighted by Gasteiger charge is -2.10. The molecule has 0 aromatic carbocycles. The van der Waals surface area contributed by atoms with Crippen molar-refractivity contribution in [2.75, 3.05) is 19.8 Å². The molecule has 114 valence electrons. The van der Waals surface area contributed by atoms with Crippen LogP contribution in [0.15, 0.2) is 18.3 Å². The van der Waals surface area contributed by atoms with E-state index in [1.807, 2.05) is 13.8 Å². The summed E-state index contributed by atoms with van der Waals surface area (Å²) >= 11 is 0. The maximum absolute atomic E-state index is 11.8. The van der Waals surface area contributed by atoms with Gasteiger partial charge in [-0.2, -0.15) is 13.2 Å².